The van der Waals surface area contributed by atoms with Gasteiger partial charge in [0.2, 0.25) is 0 Å². The predicted octanol–water partition coefficient (Wildman–Crippen LogP) is 3.88. The molecule has 1 amide bonds. The van der Waals surface area contributed by atoms with Crippen molar-refractivity contribution < 1.29 is 24.2 Å². The van der Waals surface area contributed by atoms with Gasteiger partial charge in [-0.15, -0.1) is 0 Å². The summed E-state index contributed by atoms with van der Waals surface area (Å²) < 4.78 is 4.27. The van der Waals surface area contributed by atoms with Crippen LogP contribution in [-0.2, 0) is 19.1 Å². The predicted molar refractivity (Wildman–Crippen MR) is 114 cm³/mol. The van der Waals surface area contributed by atoms with Crippen molar-refractivity contribution in [2.75, 3.05) is 18.6 Å². The topological polar surface area (TPSA) is 92.7 Å². The molecule has 0 unspecified atom stereocenters. The van der Waals surface area contributed by atoms with E-state index in [0.29, 0.717) is 5.75 Å². The molecule has 0 aromatic carbocycles. The summed E-state index contributed by atoms with van der Waals surface area (Å²) in [6, 6.07) is -1.13. The molecule has 0 bridgehead atoms. The minimum atomic E-state index is -1.18. The second-order valence-corrected chi connectivity index (χ2v) is 7.93. The fourth-order valence-corrected chi connectivity index (χ4v) is 3.21. The lowest BCUT2D eigenvalue weighted by Gasteiger charge is -2.12. The maximum Gasteiger partial charge on any atom is 0.396 e. The Labute approximate surface area is 172 Å². The molecular formula is C21H33NO5S. The van der Waals surface area contributed by atoms with Crippen LogP contribution in [-0.4, -0.2) is 47.6 Å². The lowest BCUT2D eigenvalue weighted by Crippen LogP contribution is -2.45. The largest absolute Gasteiger partial charge is 0.480 e. The fourth-order valence-electron chi connectivity index (χ4n) is 2.21. The highest BCUT2D eigenvalue weighted by Gasteiger charge is 2.23. The van der Waals surface area contributed by atoms with Gasteiger partial charge in [-0.25, -0.2) is 9.59 Å². The van der Waals surface area contributed by atoms with Crippen molar-refractivity contribution in [2.45, 2.75) is 59.4 Å². The Morgan fingerprint density at radius 1 is 1.00 bits per heavy atom. The van der Waals surface area contributed by atoms with Crippen LogP contribution in [0.2, 0.25) is 0 Å². The van der Waals surface area contributed by atoms with Gasteiger partial charge in [-0.05, 0) is 53.4 Å². The lowest BCUT2D eigenvalue weighted by atomic mass is 10.1. The summed E-state index contributed by atoms with van der Waals surface area (Å²) in [5.41, 5.74) is 3.98. The van der Waals surface area contributed by atoms with Crippen molar-refractivity contribution in [1.82, 2.24) is 5.32 Å². The highest BCUT2D eigenvalue weighted by atomic mass is 32.2. The maximum atomic E-state index is 11.4. The first-order valence-electron chi connectivity index (χ1n) is 9.31. The van der Waals surface area contributed by atoms with E-state index in [2.05, 4.69) is 56.0 Å². The van der Waals surface area contributed by atoms with Gasteiger partial charge in [0.1, 0.15) is 6.04 Å². The third-order valence-corrected chi connectivity index (χ3v) is 4.90. The van der Waals surface area contributed by atoms with E-state index in [9.17, 15) is 14.4 Å². The zero-order valence-electron chi connectivity index (χ0n) is 17.5. The quantitative estimate of drug-likeness (QED) is 0.219. The van der Waals surface area contributed by atoms with Crippen LogP contribution in [0.5, 0.6) is 0 Å². The normalized spacial score (nSPS) is 12.9. The number of esters is 1. The number of methoxy groups -OCH3 is 1. The third kappa shape index (κ3) is 13.2. The fraction of sp³-hybridized carbons (Fsp3) is 0.571. The monoisotopic (exact) mass is 411 g/mol. The number of thioether (sulfide) groups is 1. The number of ether oxygens (including phenoxy) is 1. The molecule has 0 aliphatic rings. The van der Waals surface area contributed by atoms with E-state index in [0.717, 1.165) is 32.8 Å². The second kappa shape index (κ2) is 15.0. The molecule has 6 nitrogen and oxygen atoms in total. The molecule has 0 heterocycles. The van der Waals surface area contributed by atoms with Crippen LogP contribution in [0.1, 0.15) is 53.4 Å². The van der Waals surface area contributed by atoms with E-state index in [4.69, 9.17) is 5.11 Å². The average Bonchev–Trinajstić information content (AvgIpc) is 2.62. The van der Waals surface area contributed by atoms with Crippen LogP contribution in [0, 0.1) is 0 Å². The number of amides is 1. The maximum absolute atomic E-state index is 11.4. The summed E-state index contributed by atoms with van der Waals surface area (Å²) in [6.45, 7) is 8.43. The highest BCUT2D eigenvalue weighted by molar-refractivity contribution is 7.99. The summed E-state index contributed by atoms with van der Waals surface area (Å²) in [5, 5.41) is 11.3. The summed E-state index contributed by atoms with van der Waals surface area (Å²) in [4.78, 5) is 33.7. The molecule has 28 heavy (non-hydrogen) atoms. The number of nitrogens with one attached hydrogen (secondary N) is 1. The molecule has 2 N–H and O–H groups in total. The Morgan fingerprint density at radius 2 is 1.57 bits per heavy atom. The molecule has 0 spiro atoms. The van der Waals surface area contributed by atoms with Gasteiger partial charge < -0.3 is 15.2 Å². The standard InChI is InChI=1S/C21H33NO5S/c1-15(2)8-6-9-16(3)10-7-11-17(4)12-13-28-14-18(20(24)25)22-19(23)21(26)27-5/h8,10,12,18H,6-7,9,11,13-14H2,1-5H3,(H,22,23)(H,24,25)/b16-10+,17-12+/t18-/m0/s1. The van der Waals surface area contributed by atoms with Gasteiger partial charge in [-0.3, -0.25) is 4.79 Å². The molecule has 0 radical (unpaired) electrons. The first-order valence-corrected chi connectivity index (χ1v) is 10.5. The van der Waals surface area contributed by atoms with E-state index in [1.807, 2.05) is 0 Å². The van der Waals surface area contributed by atoms with E-state index < -0.39 is 23.9 Å². The summed E-state index contributed by atoms with van der Waals surface area (Å²) in [5.74, 6) is -2.51. The Hall–Kier alpha value is -2.02. The zero-order chi connectivity index (χ0) is 21.5. The number of hydrogen-bond donors (Lipinski definition) is 2. The number of aliphatic carboxylic acids is 1. The van der Waals surface area contributed by atoms with Crippen molar-refractivity contribution in [3.05, 3.63) is 34.9 Å². The van der Waals surface area contributed by atoms with Crippen molar-refractivity contribution >= 4 is 29.6 Å². The van der Waals surface area contributed by atoms with Crippen molar-refractivity contribution in [2.24, 2.45) is 0 Å². The molecule has 0 aromatic heterocycles. The van der Waals surface area contributed by atoms with Crippen molar-refractivity contribution in [3.63, 3.8) is 0 Å². The smallest absolute Gasteiger partial charge is 0.396 e. The molecule has 7 heteroatoms. The number of carbonyl (C=O) groups excluding carboxylic acids is 2. The molecule has 1 atom stereocenters. The summed E-state index contributed by atoms with van der Waals surface area (Å²) in [6.07, 6.45) is 10.7. The van der Waals surface area contributed by atoms with Crippen LogP contribution < -0.4 is 5.32 Å². The molecular weight excluding hydrogens is 378 g/mol. The van der Waals surface area contributed by atoms with Crippen LogP contribution in [0.3, 0.4) is 0 Å². The van der Waals surface area contributed by atoms with E-state index >= 15 is 0 Å². The van der Waals surface area contributed by atoms with Crippen LogP contribution in [0.15, 0.2) is 34.9 Å². The molecule has 158 valence electrons. The van der Waals surface area contributed by atoms with Gasteiger partial charge in [-0.1, -0.05) is 34.9 Å². The minimum Gasteiger partial charge on any atom is -0.480 e. The third-order valence-electron chi connectivity index (χ3n) is 3.93. The summed E-state index contributed by atoms with van der Waals surface area (Å²) in [7, 11) is 1.07. The van der Waals surface area contributed by atoms with Gasteiger partial charge in [0.05, 0.1) is 7.11 Å². The lowest BCUT2D eigenvalue weighted by molar-refractivity contribution is -0.154. The first kappa shape index (κ1) is 26.0. The molecule has 0 saturated heterocycles. The van der Waals surface area contributed by atoms with Crippen molar-refractivity contribution in [1.29, 1.82) is 0 Å². The first-order chi connectivity index (χ1) is 13.2. The van der Waals surface area contributed by atoms with E-state index in [1.54, 1.807) is 0 Å². The molecule has 0 aliphatic carbocycles. The van der Waals surface area contributed by atoms with Gasteiger partial charge in [0.15, 0.2) is 0 Å². The van der Waals surface area contributed by atoms with Crippen LogP contribution in [0.4, 0.5) is 0 Å². The van der Waals surface area contributed by atoms with Crippen LogP contribution in [0.25, 0.3) is 0 Å². The number of allylic oxidation sites excluding steroid dienone is 5. The minimum absolute atomic E-state index is 0.172. The second-order valence-electron chi connectivity index (χ2n) is 6.85. The Bertz CT molecular complexity index is 618. The van der Waals surface area contributed by atoms with Gasteiger partial charge in [0, 0.05) is 11.5 Å². The molecule has 0 rings (SSSR count). The highest BCUT2D eigenvalue weighted by Crippen LogP contribution is 2.13. The Morgan fingerprint density at radius 3 is 2.11 bits per heavy atom. The number of rotatable bonds is 12. The van der Waals surface area contributed by atoms with E-state index in [1.165, 1.54) is 28.5 Å². The Kier molecular flexibility index (Phi) is 13.9. The average molecular weight is 412 g/mol. The van der Waals surface area contributed by atoms with Gasteiger partial charge in [-0.2, -0.15) is 11.8 Å². The number of carboxylic acid groups (broad SMARTS) is 1. The zero-order valence-corrected chi connectivity index (χ0v) is 18.4. The molecule has 0 fully saturated rings. The van der Waals surface area contributed by atoms with Crippen LogP contribution >= 0.6 is 11.8 Å². The van der Waals surface area contributed by atoms with Gasteiger partial charge in [0.25, 0.3) is 0 Å². The van der Waals surface area contributed by atoms with E-state index in [-0.39, 0.29) is 5.75 Å². The number of carboxylic acids is 1. The SMILES string of the molecule is COC(=O)C(=O)N[C@@H](CSC/C=C(\C)CC/C=C(\C)CCC=C(C)C)C(=O)O. The summed E-state index contributed by atoms with van der Waals surface area (Å²) >= 11 is 1.39. The van der Waals surface area contributed by atoms with Crippen molar-refractivity contribution in [3.8, 4) is 0 Å². The van der Waals surface area contributed by atoms with Gasteiger partial charge >= 0.3 is 17.8 Å². The Balaban J connectivity index is 4.24. The number of hydrogen-bond acceptors (Lipinski definition) is 5. The molecule has 0 aromatic rings. The molecule has 0 saturated carbocycles. The molecule has 0 aliphatic heterocycles. The number of carbonyl (C=O) groups is 3.